The van der Waals surface area contributed by atoms with Crippen molar-refractivity contribution in [3.63, 3.8) is 0 Å². The number of aromatic amines is 1. The molecular weight excluding hydrogens is 583 g/mol. The van der Waals surface area contributed by atoms with Crippen molar-refractivity contribution in [3.05, 3.63) is 105 Å². The summed E-state index contributed by atoms with van der Waals surface area (Å²) >= 11 is 2.89. The number of hydrogen-bond donors (Lipinski definition) is 2. The maximum absolute atomic E-state index is 13.9. The summed E-state index contributed by atoms with van der Waals surface area (Å²) in [6.45, 7) is -0.145. The zero-order valence-electron chi connectivity index (χ0n) is 22.8. The number of nitrogens with one attached hydrogen (secondary N) is 2. The first-order valence-electron chi connectivity index (χ1n) is 14.4. The quantitative estimate of drug-likeness (QED) is 0.294. The third-order valence-corrected chi connectivity index (χ3v) is 12.0. The van der Waals surface area contributed by atoms with Crippen molar-refractivity contribution in [2.24, 2.45) is 29.6 Å². The van der Waals surface area contributed by atoms with Crippen LogP contribution in [0.25, 0.3) is 0 Å². The molecule has 3 aromatic carbocycles. The minimum absolute atomic E-state index is 0.0224. The SMILES string of the molecule is O=C(COc1cccc([C@H]2c3sc(=O)[nH]c3SC3C4CC(C5C(=O)N(c6ccccc6)C(=O)C45)C32)c1)Nc1ccccc1. The summed E-state index contributed by atoms with van der Waals surface area (Å²) in [6, 6.07) is 26.1. The monoisotopic (exact) mass is 609 g/mol. The van der Waals surface area contributed by atoms with Gasteiger partial charge in [0.2, 0.25) is 11.8 Å². The molecule has 43 heavy (non-hydrogen) atoms. The minimum atomic E-state index is -0.361. The minimum Gasteiger partial charge on any atom is -0.484 e. The van der Waals surface area contributed by atoms with E-state index in [4.69, 9.17) is 4.74 Å². The molecule has 7 atom stereocenters. The lowest BCUT2D eigenvalue weighted by molar-refractivity contribution is -0.123. The average Bonchev–Trinajstić information content (AvgIpc) is 3.76. The first kappa shape index (κ1) is 26.5. The molecule has 2 aliphatic heterocycles. The van der Waals surface area contributed by atoms with Crippen molar-refractivity contribution in [1.29, 1.82) is 0 Å². The van der Waals surface area contributed by atoms with E-state index >= 15 is 0 Å². The molecular formula is C33H27N3O5S2. The molecule has 0 spiro atoms. The van der Waals surface area contributed by atoms with E-state index in [1.54, 1.807) is 11.8 Å². The Balaban J connectivity index is 1.10. The Morgan fingerprint density at radius 3 is 2.40 bits per heavy atom. The Hall–Kier alpha value is -4.15. The van der Waals surface area contributed by atoms with E-state index in [-0.39, 0.29) is 70.0 Å². The third-order valence-electron chi connectivity index (χ3n) is 9.38. The van der Waals surface area contributed by atoms with E-state index in [1.165, 1.54) is 16.2 Å². The van der Waals surface area contributed by atoms with Crippen LogP contribution in [-0.4, -0.2) is 34.6 Å². The molecule has 4 aliphatic rings. The predicted octanol–water partition coefficient (Wildman–Crippen LogP) is 5.13. The average molecular weight is 610 g/mol. The fourth-order valence-electron chi connectivity index (χ4n) is 7.89. The molecule has 3 heterocycles. The zero-order chi connectivity index (χ0) is 29.2. The number of benzene rings is 3. The normalized spacial score (nSPS) is 28.4. The number of H-pyrrole nitrogens is 1. The second-order valence-corrected chi connectivity index (χ2v) is 13.8. The fourth-order valence-corrected chi connectivity index (χ4v) is 10.8. The molecule has 2 bridgehead atoms. The van der Waals surface area contributed by atoms with Gasteiger partial charge in [0.15, 0.2) is 6.61 Å². The van der Waals surface area contributed by atoms with Gasteiger partial charge in [-0.2, -0.15) is 0 Å². The van der Waals surface area contributed by atoms with Crippen molar-refractivity contribution >= 4 is 52.2 Å². The van der Waals surface area contributed by atoms with Crippen LogP contribution in [0.15, 0.2) is 94.7 Å². The van der Waals surface area contributed by atoms with Crippen LogP contribution in [-0.2, 0) is 14.4 Å². The number of nitrogens with zero attached hydrogens (tertiary/aromatic N) is 1. The van der Waals surface area contributed by atoms with E-state index in [2.05, 4.69) is 10.3 Å². The number of ether oxygens (including phenoxy) is 1. The van der Waals surface area contributed by atoms with Crippen LogP contribution in [0, 0.1) is 29.6 Å². The van der Waals surface area contributed by atoms with Crippen LogP contribution < -0.4 is 19.8 Å². The van der Waals surface area contributed by atoms with Crippen molar-refractivity contribution in [2.75, 3.05) is 16.8 Å². The number of amides is 3. The van der Waals surface area contributed by atoms with Gasteiger partial charge in [-0.15, -0.1) is 11.8 Å². The summed E-state index contributed by atoms with van der Waals surface area (Å²) in [4.78, 5) is 58.0. The molecule has 8 rings (SSSR count). The maximum Gasteiger partial charge on any atom is 0.305 e. The van der Waals surface area contributed by atoms with E-state index in [0.29, 0.717) is 17.1 Å². The molecule has 1 aromatic heterocycles. The van der Waals surface area contributed by atoms with Gasteiger partial charge < -0.3 is 15.0 Å². The molecule has 2 N–H and O–H groups in total. The number of rotatable bonds is 6. The Labute approximate surface area is 255 Å². The fraction of sp³-hybridized carbons (Fsp3) is 0.273. The molecule has 2 aliphatic carbocycles. The van der Waals surface area contributed by atoms with Gasteiger partial charge in [0.05, 0.1) is 22.5 Å². The highest BCUT2D eigenvalue weighted by Gasteiger charge is 2.69. The van der Waals surface area contributed by atoms with Crippen LogP contribution in [0.4, 0.5) is 11.4 Å². The summed E-state index contributed by atoms with van der Waals surface area (Å²) < 4.78 is 5.91. The highest BCUT2D eigenvalue weighted by Crippen LogP contribution is 2.68. The smallest absolute Gasteiger partial charge is 0.305 e. The second-order valence-electron chi connectivity index (χ2n) is 11.6. The molecule has 0 radical (unpaired) electrons. The van der Waals surface area contributed by atoms with Gasteiger partial charge >= 0.3 is 4.87 Å². The van der Waals surface area contributed by atoms with Gasteiger partial charge in [0, 0.05) is 21.7 Å². The summed E-state index contributed by atoms with van der Waals surface area (Å²) in [6.07, 6.45) is 0.823. The van der Waals surface area contributed by atoms with E-state index in [0.717, 1.165) is 21.9 Å². The van der Waals surface area contributed by atoms with Crippen molar-refractivity contribution in [1.82, 2.24) is 4.98 Å². The van der Waals surface area contributed by atoms with Crippen LogP contribution >= 0.6 is 23.1 Å². The van der Waals surface area contributed by atoms with Gasteiger partial charge in [0.1, 0.15) is 5.75 Å². The molecule has 10 heteroatoms. The number of hydrogen-bond acceptors (Lipinski definition) is 7. The lowest BCUT2D eigenvalue weighted by Crippen LogP contribution is -2.42. The first-order valence-corrected chi connectivity index (χ1v) is 16.1. The van der Waals surface area contributed by atoms with Crippen molar-refractivity contribution in [3.8, 4) is 5.75 Å². The number of thiazole rings is 1. The van der Waals surface area contributed by atoms with Crippen LogP contribution in [0.2, 0.25) is 0 Å². The number of anilines is 2. The topological polar surface area (TPSA) is 109 Å². The molecule has 3 fully saturated rings. The second kappa shape index (κ2) is 10.2. The number of thioether (sulfide) groups is 1. The van der Waals surface area contributed by atoms with Crippen molar-refractivity contribution < 1.29 is 19.1 Å². The Morgan fingerprint density at radius 1 is 0.907 bits per heavy atom. The maximum atomic E-state index is 13.9. The number of fused-ring (bicyclic) bond motifs is 9. The highest BCUT2D eigenvalue weighted by atomic mass is 32.2. The Bertz CT molecular complexity index is 1810. The van der Waals surface area contributed by atoms with Crippen LogP contribution in [0.3, 0.4) is 0 Å². The van der Waals surface area contributed by atoms with Gasteiger partial charge in [-0.1, -0.05) is 59.9 Å². The first-order chi connectivity index (χ1) is 21.0. The zero-order valence-corrected chi connectivity index (χ0v) is 24.5. The van der Waals surface area contributed by atoms with Gasteiger partial charge in [-0.05, 0) is 66.1 Å². The van der Waals surface area contributed by atoms with E-state index in [9.17, 15) is 19.2 Å². The highest BCUT2D eigenvalue weighted by molar-refractivity contribution is 8.00. The molecule has 3 amide bonds. The number of para-hydroxylation sites is 2. The molecule has 1 saturated heterocycles. The third kappa shape index (κ3) is 4.26. The molecule has 8 nitrogen and oxygen atoms in total. The number of carbonyl (C=O) groups excluding carboxylic acids is 3. The largest absolute Gasteiger partial charge is 0.484 e. The number of carbonyl (C=O) groups is 3. The predicted molar refractivity (Wildman–Crippen MR) is 164 cm³/mol. The summed E-state index contributed by atoms with van der Waals surface area (Å²) in [7, 11) is 0. The summed E-state index contributed by atoms with van der Waals surface area (Å²) in [5.74, 6) is -0.576. The summed E-state index contributed by atoms with van der Waals surface area (Å²) in [5, 5.41) is 3.79. The lowest BCUT2D eigenvalue weighted by Gasteiger charge is -2.43. The number of imide groups is 1. The van der Waals surface area contributed by atoms with Gasteiger partial charge in [-0.3, -0.25) is 24.1 Å². The lowest BCUT2D eigenvalue weighted by atomic mass is 9.68. The van der Waals surface area contributed by atoms with E-state index < -0.39 is 0 Å². The molecule has 216 valence electrons. The standard InChI is InChI=1S/C33H27N3O5S2/c37-23(34-18-9-3-1-4-10-18)16-41-20-13-7-8-17(14-20)24-25-21-15-22(28(25)42-30-29(24)43-33(40)35-30)27-26(21)31(38)36(32(27)39)19-11-5-2-6-12-19/h1-14,21-22,24-28H,15-16H2,(H,34,37)(H,35,40)/t21?,22?,24-,25?,26?,27?,28?/m1/s1. The van der Waals surface area contributed by atoms with E-state index in [1.807, 2.05) is 84.9 Å². The van der Waals surface area contributed by atoms with Crippen LogP contribution in [0.1, 0.15) is 22.8 Å². The molecule has 2 saturated carbocycles. The Kier molecular flexibility index (Phi) is 6.30. The van der Waals surface area contributed by atoms with Crippen LogP contribution in [0.5, 0.6) is 5.75 Å². The van der Waals surface area contributed by atoms with Gasteiger partial charge in [0.25, 0.3) is 5.91 Å². The number of aromatic nitrogens is 1. The molecule has 6 unspecified atom stereocenters. The van der Waals surface area contributed by atoms with Gasteiger partial charge in [-0.25, -0.2) is 0 Å². The summed E-state index contributed by atoms with van der Waals surface area (Å²) in [5.41, 5.74) is 2.31. The van der Waals surface area contributed by atoms with Crippen molar-refractivity contribution in [2.45, 2.75) is 22.6 Å². The molecule has 4 aromatic rings. The Morgan fingerprint density at radius 2 is 1.63 bits per heavy atom.